The molecule has 3 saturated carbocycles. The van der Waals surface area contributed by atoms with Crippen molar-refractivity contribution in [3.05, 3.63) is 12.2 Å². The molecular weight excluding hydrogens is 216 g/mol. The molecule has 0 bridgehead atoms. The predicted octanol–water partition coefficient (Wildman–Crippen LogP) is 2.46. The molecule has 3 rings (SSSR count). The molecule has 94 valence electrons. The van der Waals surface area contributed by atoms with Gasteiger partial charge in [-0.15, -0.1) is 0 Å². The van der Waals surface area contributed by atoms with Crippen LogP contribution in [0.1, 0.15) is 38.5 Å². The molecule has 0 unspecified atom stereocenters. The van der Waals surface area contributed by atoms with Gasteiger partial charge in [0.15, 0.2) is 5.78 Å². The minimum Gasteiger partial charge on any atom is -0.359 e. The highest BCUT2D eigenvalue weighted by molar-refractivity contribution is 6.00. The topological polar surface area (TPSA) is 35.5 Å². The Hall–Kier alpha value is -0.670. The van der Waals surface area contributed by atoms with Gasteiger partial charge in [0.05, 0.1) is 6.10 Å². The normalized spacial score (nSPS) is 44.2. The molecule has 3 atom stereocenters. The molecule has 0 aromatic heterocycles. The maximum atomic E-state index is 11.9. The molecule has 0 saturated heterocycles. The summed E-state index contributed by atoms with van der Waals surface area (Å²) in [5.74, 6) is 0.301. The number of rotatable bonds is 3. The third kappa shape index (κ3) is 1.33. The number of ketones is 1. The van der Waals surface area contributed by atoms with Crippen LogP contribution in [0.25, 0.3) is 0 Å². The Labute approximate surface area is 102 Å². The van der Waals surface area contributed by atoms with Crippen molar-refractivity contribution in [3.8, 4) is 0 Å². The van der Waals surface area contributed by atoms with Crippen molar-refractivity contribution in [2.75, 3.05) is 13.9 Å². The van der Waals surface area contributed by atoms with Gasteiger partial charge in [0.1, 0.15) is 6.79 Å². The summed E-state index contributed by atoms with van der Waals surface area (Å²) in [6, 6.07) is 0. The molecule has 3 aliphatic carbocycles. The van der Waals surface area contributed by atoms with E-state index in [0.717, 1.165) is 24.8 Å². The van der Waals surface area contributed by atoms with E-state index in [9.17, 15) is 4.79 Å². The van der Waals surface area contributed by atoms with E-state index in [-0.39, 0.29) is 16.9 Å². The lowest BCUT2D eigenvalue weighted by molar-refractivity contribution is -0.116. The fraction of sp³-hybridized carbons (Fsp3) is 0.786. The minimum absolute atomic E-state index is 0.0719. The molecule has 0 radical (unpaired) electrons. The van der Waals surface area contributed by atoms with Crippen molar-refractivity contribution < 1.29 is 14.3 Å². The van der Waals surface area contributed by atoms with Crippen LogP contribution in [0.2, 0.25) is 0 Å². The molecule has 0 spiro atoms. The average Bonchev–Trinajstić information content (AvgIpc) is 2.82. The van der Waals surface area contributed by atoms with Crippen LogP contribution in [-0.2, 0) is 14.3 Å². The van der Waals surface area contributed by atoms with Crippen molar-refractivity contribution in [3.63, 3.8) is 0 Å². The Morgan fingerprint density at radius 2 is 2.24 bits per heavy atom. The van der Waals surface area contributed by atoms with E-state index in [4.69, 9.17) is 9.47 Å². The molecule has 3 nitrogen and oxygen atoms in total. The number of ether oxygens (including phenoxy) is 2. The molecule has 0 aromatic carbocycles. The van der Waals surface area contributed by atoms with Crippen molar-refractivity contribution in [2.24, 2.45) is 10.8 Å². The largest absolute Gasteiger partial charge is 0.359 e. The molecule has 0 heterocycles. The fourth-order valence-corrected chi connectivity index (χ4v) is 4.63. The second kappa shape index (κ2) is 3.66. The van der Waals surface area contributed by atoms with Gasteiger partial charge in [-0.1, -0.05) is 13.0 Å². The Morgan fingerprint density at radius 3 is 2.94 bits per heavy atom. The van der Waals surface area contributed by atoms with Crippen LogP contribution in [0.5, 0.6) is 0 Å². The maximum Gasteiger partial charge on any atom is 0.159 e. The van der Waals surface area contributed by atoms with Crippen LogP contribution in [0.4, 0.5) is 0 Å². The van der Waals surface area contributed by atoms with Gasteiger partial charge < -0.3 is 9.47 Å². The zero-order valence-corrected chi connectivity index (χ0v) is 10.5. The summed E-state index contributed by atoms with van der Waals surface area (Å²) in [6.07, 6.45) is 6.49. The lowest BCUT2D eigenvalue weighted by atomic mass is 9.69. The lowest BCUT2D eigenvalue weighted by Gasteiger charge is -2.33. The van der Waals surface area contributed by atoms with Crippen LogP contribution in [-0.4, -0.2) is 25.8 Å². The van der Waals surface area contributed by atoms with E-state index in [1.807, 2.05) is 0 Å². The van der Waals surface area contributed by atoms with Gasteiger partial charge in [0.2, 0.25) is 0 Å². The van der Waals surface area contributed by atoms with Gasteiger partial charge in [0, 0.05) is 18.9 Å². The van der Waals surface area contributed by atoms with Gasteiger partial charge in [0.25, 0.3) is 0 Å². The number of allylic oxidation sites excluding steroid dienone is 1. The summed E-state index contributed by atoms with van der Waals surface area (Å²) in [4.78, 5) is 11.9. The molecule has 3 aliphatic rings. The first-order chi connectivity index (χ1) is 8.13. The maximum absolute atomic E-state index is 11.9. The van der Waals surface area contributed by atoms with Crippen LogP contribution in [0, 0.1) is 10.8 Å². The lowest BCUT2D eigenvalue weighted by Crippen LogP contribution is -2.26. The molecule has 0 aromatic rings. The van der Waals surface area contributed by atoms with E-state index in [2.05, 4.69) is 6.58 Å². The second-order valence-electron chi connectivity index (χ2n) is 5.90. The second-order valence-corrected chi connectivity index (χ2v) is 5.90. The third-order valence-electron chi connectivity index (χ3n) is 5.30. The van der Waals surface area contributed by atoms with Crippen LogP contribution >= 0.6 is 0 Å². The number of Topliss-reactive ketones (excluding diaryl/α,β-unsaturated/α-hetero) is 1. The minimum atomic E-state index is 0.0719. The standard InChI is InChI=1S/C14H20O3/c1-10-12(15)8-13-4-3-5-14(10,13)7-11(6-13)17-9-16-2/h11H,1,3-9H2,2H3/t11-,13-,14+/m0/s1. The van der Waals surface area contributed by atoms with E-state index < -0.39 is 0 Å². The van der Waals surface area contributed by atoms with E-state index in [0.29, 0.717) is 19.0 Å². The molecule has 0 aliphatic heterocycles. The first-order valence-electron chi connectivity index (χ1n) is 6.47. The van der Waals surface area contributed by atoms with Crippen LogP contribution in [0.15, 0.2) is 12.2 Å². The van der Waals surface area contributed by atoms with Crippen LogP contribution < -0.4 is 0 Å². The smallest absolute Gasteiger partial charge is 0.159 e. The Kier molecular flexibility index (Phi) is 2.46. The number of hydrogen-bond acceptors (Lipinski definition) is 3. The number of hydrogen-bond donors (Lipinski definition) is 0. The van der Waals surface area contributed by atoms with Crippen molar-refractivity contribution >= 4 is 5.78 Å². The number of methoxy groups -OCH3 is 1. The summed E-state index contributed by atoms with van der Waals surface area (Å²) in [5, 5.41) is 0. The van der Waals surface area contributed by atoms with E-state index in [1.165, 1.54) is 12.8 Å². The average molecular weight is 236 g/mol. The molecular formula is C14H20O3. The Morgan fingerprint density at radius 1 is 1.41 bits per heavy atom. The molecule has 3 fully saturated rings. The number of carbonyl (C=O) groups is 1. The van der Waals surface area contributed by atoms with Gasteiger partial charge in [-0.3, -0.25) is 4.79 Å². The zero-order valence-electron chi connectivity index (χ0n) is 10.5. The highest BCUT2D eigenvalue weighted by Crippen LogP contribution is 2.71. The zero-order chi connectivity index (χ0) is 12.1. The van der Waals surface area contributed by atoms with Gasteiger partial charge >= 0.3 is 0 Å². The van der Waals surface area contributed by atoms with E-state index in [1.54, 1.807) is 7.11 Å². The summed E-state index contributed by atoms with van der Waals surface area (Å²) < 4.78 is 10.7. The highest BCUT2D eigenvalue weighted by atomic mass is 16.7. The molecule has 3 heteroatoms. The first-order valence-corrected chi connectivity index (χ1v) is 6.47. The Balaban J connectivity index is 1.86. The molecule has 17 heavy (non-hydrogen) atoms. The quantitative estimate of drug-likeness (QED) is 0.558. The number of carbonyl (C=O) groups excluding carboxylic acids is 1. The van der Waals surface area contributed by atoms with E-state index >= 15 is 0 Å². The van der Waals surface area contributed by atoms with Crippen LogP contribution in [0.3, 0.4) is 0 Å². The van der Waals surface area contributed by atoms with Crippen molar-refractivity contribution in [1.29, 1.82) is 0 Å². The summed E-state index contributed by atoms with van der Waals surface area (Å²) in [7, 11) is 1.65. The van der Waals surface area contributed by atoms with Gasteiger partial charge in [-0.25, -0.2) is 0 Å². The highest BCUT2D eigenvalue weighted by Gasteiger charge is 2.67. The molecule has 0 N–H and O–H groups in total. The fourth-order valence-electron chi connectivity index (χ4n) is 4.63. The first kappa shape index (κ1) is 11.4. The predicted molar refractivity (Wildman–Crippen MR) is 63.5 cm³/mol. The SMILES string of the molecule is C=C1C(=O)C[C@@]23CCC[C@@]12C[C@@H](OCOC)C3. The molecule has 0 amide bonds. The van der Waals surface area contributed by atoms with Crippen molar-refractivity contribution in [2.45, 2.75) is 44.6 Å². The van der Waals surface area contributed by atoms with Gasteiger partial charge in [-0.05, 0) is 36.7 Å². The summed E-state index contributed by atoms with van der Waals surface area (Å²) in [6.45, 7) is 4.44. The third-order valence-corrected chi connectivity index (χ3v) is 5.30. The monoisotopic (exact) mass is 236 g/mol. The van der Waals surface area contributed by atoms with Gasteiger partial charge in [-0.2, -0.15) is 0 Å². The van der Waals surface area contributed by atoms with Crippen molar-refractivity contribution in [1.82, 2.24) is 0 Å². The summed E-state index contributed by atoms with van der Waals surface area (Å²) in [5.41, 5.74) is 1.14. The Bertz CT molecular complexity index is 376. The summed E-state index contributed by atoms with van der Waals surface area (Å²) >= 11 is 0.